The lowest BCUT2D eigenvalue weighted by molar-refractivity contribution is -0.386. The van der Waals surface area contributed by atoms with Gasteiger partial charge in [0.05, 0.1) is 4.92 Å². The minimum Gasteiger partial charge on any atom is -0.480 e. The molecule has 1 aromatic carbocycles. The number of nitro groups is 1. The third-order valence-electron chi connectivity index (χ3n) is 3.16. The maximum absolute atomic E-state index is 12.1. The largest absolute Gasteiger partial charge is 0.480 e. The molecule has 1 aromatic rings. The van der Waals surface area contributed by atoms with Gasteiger partial charge in [-0.05, 0) is 31.9 Å². The lowest BCUT2D eigenvalue weighted by atomic mass is 10.0. The molecule has 0 spiro atoms. The van der Waals surface area contributed by atoms with Crippen LogP contribution in [0.2, 0.25) is 0 Å². The van der Waals surface area contributed by atoms with Crippen LogP contribution in [-0.2, 0) is 4.79 Å². The Balaban J connectivity index is 3.09. The topological polar surface area (TPSA) is 110 Å². The first-order valence-corrected chi connectivity index (χ1v) is 6.44. The monoisotopic (exact) mass is 294 g/mol. The first kappa shape index (κ1) is 16.6. The van der Waals surface area contributed by atoms with Gasteiger partial charge in [-0.15, -0.1) is 0 Å². The van der Waals surface area contributed by atoms with E-state index in [1.165, 1.54) is 12.1 Å². The van der Waals surface area contributed by atoms with Crippen molar-refractivity contribution in [3.63, 3.8) is 0 Å². The Morgan fingerprint density at radius 1 is 1.24 bits per heavy atom. The number of benzene rings is 1. The van der Waals surface area contributed by atoms with Crippen molar-refractivity contribution in [2.75, 3.05) is 0 Å². The van der Waals surface area contributed by atoms with Gasteiger partial charge in [0.15, 0.2) is 0 Å². The van der Waals surface area contributed by atoms with E-state index < -0.39 is 22.8 Å². The van der Waals surface area contributed by atoms with Gasteiger partial charge in [0.25, 0.3) is 11.6 Å². The smallest absolute Gasteiger partial charge is 0.326 e. The SMILES string of the molecule is Cc1cc(C(=O)NC(C(=O)O)C(C)C)cc(C)c1[N+](=O)[O-]. The van der Waals surface area contributed by atoms with Gasteiger partial charge in [0.1, 0.15) is 6.04 Å². The Kier molecular flexibility index (Phi) is 5.02. The predicted molar refractivity (Wildman–Crippen MR) is 76.3 cm³/mol. The molecule has 0 aliphatic heterocycles. The van der Waals surface area contributed by atoms with E-state index >= 15 is 0 Å². The molecule has 0 heterocycles. The van der Waals surface area contributed by atoms with Crippen molar-refractivity contribution < 1.29 is 19.6 Å². The molecule has 2 N–H and O–H groups in total. The molecule has 21 heavy (non-hydrogen) atoms. The summed E-state index contributed by atoms with van der Waals surface area (Å²) in [6, 6.07) is 1.77. The van der Waals surface area contributed by atoms with Crippen molar-refractivity contribution in [2.24, 2.45) is 5.92 Å². The average Bonchev–Trinajstić information content (AvgIpc) is 2.33. The van der Waals surface area contributed by atoms with Crippen molar-refractivity contribution in [1.82, 2.24) is 5.32 Å². The number of aryl methyl sites for hydroxylation is 2. The predicted octanol–water partition coefficient (Wildman–Crippen LogP) is 2.05. The molecular formula is C14H18N2O5. The van der Waals surface area contributed by atoms with Crippen LogP contribution in [0.1, 0.15) is 35.3 Å². The fourth-order valence-electron chi connectivity index (χ4n) is 2.11. The number of carboxylic acid groups (broad SMARTS) is 1. The molecule has 0 fully saturated rings. The number of rotatable bonds is 5. The van der Waals surface area contributed by atoms with Crippen molar-refractivity contribution in [1.29, 1.82) is 0 Å². The highest BCUT2D eigenvalue weighted by molar-refractivity contribution is 5.97. The highest BCUT2D eigenvalue weighted by atomic mass is 16.6. The minimum absolute atomic E-state index is 0.0369. The summed E-state index contributed by atoms with van der Waals surface area (Å²) in [5.41, 5.74) is 0.899. The van der Waals surface area contributed by atoms with Gasteiger partial charge >= 0.3 is 5.97 Å². The molecule has 1 atom stereocenters. The Bertz CT molecular complexity index is 572. The minimum atomic E-state index is -1.12. The molecule has 0 saturated carbocycles. The van der Waals surface area contributed by atoms with E-state index in [1.807, 2.05) is 0 Å². The van der Waals surface area contributed by atoms with Gasteiger partial charge in [-0.1, -0.05) is 13.8 Å². The zero-order chi connectivity index (χ0) is 16.3. The summed E-state index contributed by atoms with van der Waals surface area (Å²) in [5.74, 6) is -1.95. The normalized spacial score (nSPS) is 12.0. The zero-order valence-electron chi connectivity index (χ0n) is 12.3. The van der Waals surface area contributed by atoms with Crippen LogP contribution in [0.25, 0.3) is 0 Å². The summed E-state index contributed by atoms with van der Waals surface area (Å²) in [4.78, 5) is 33.6. The maximum atomic E-state index is 12.1. The molecule has 0 radical (unpaired) electrons. The van der Waals surface area contributed by atoms with Crippen LogP contribution >= 0.6 is 0 Å². The number of hydrogen-bond donors (Lipinski definition) is 2. The van der Waals surface area contributed by atoms with E-state index in [0.717, 1.165) is 0 Å². The number of carbonyl (C=O) groups is 2. The van der Waals surface area contributed by atoms with Gasteiger partial charge in [0.2, 0.25) is 0 Å². The summed E-state index contributed by atoms with van der Waals surface area (Å²) < 4.78 is 0. The van der Waals surface area contributed by atoms with Crippen LogP contribution in [0.15, 0.2) is 12.1 Å². The molecule has 1 unspecified atom stereocenters. The molecule has 0 aliphatic carbocycles. The first-order chi connectivity index (χ1) is 9.65. The average molecular weight is 294 g/mol. The molecular weight excluding hydrogens is 276 g/mol. The first-order valence-electron chi connectivity index (χ1n) is 6.44. The summed E-state index contributed by atoms with van der Waals surface area (Å²) in [6.45, 7) is 6.45. The summed E-state index contributed by atoms with van der Waals surface area (Å²) >= 11 is 0. The van der Waals surface area contributed by atoms with Gasteiger partial charge in [-0.3, -0.25) is 14.9 Å². The number of nitro benzene ring substituents is 1. The van der Waals surface area contributed by atoms with Crippen molar-refractivity contribution in [3.05, 3.63) is 38.9 Å². The van der Waals surface area contributed by atoms with Crippen LogP contribution < -0.4 is 5.32 Å². The van der Waals surface area contributed by atoms with E-state index in [-0.39, 0.29) is 17.2 Å². The third-order valence-corrected chi connectivity index (χ3v) is 3.16. The summed E-state index contributed by atoms with van der Waals surface area (Å²) in [6.07, 6.45) is 0. The number of amides is 1. The second-order valence-electron chi connectivity index (χ2n) is 5.25. The van der Waals surface area contributed by atoms with Crippen LogP contribution in [0.3, 0.4) is 0 Å². The number of nitrogens with one attached hydrogen (secondary N) is 1. The number of carboxylic acids is 1. The third kappa shape index (κ3) is 3.77. The van der Waals surface area contributed by atoms with Gasteiger partial charge in [-0.25, -0.2) is 4.79 Å². The summed E-state index contributed by atoms with van der Waals surface area (Å²) in [7, 11) is 0. The lowest BCUT2D eigenvalue weighted by Gasteiger charge is -2.18. The highest BCUT2D eigenvalue weighted by Crippen LogP contribution is 2.24. The molecule has 7 heteroatoms. The lowest BCUT2D eigenvalue weighted by Crippen LogP contribution is -2.44. The van der Waals surface area contributed by atoms with E-state index in [1.54, 1.807) is 27.7 Å². The molecule has 1 amide bonds. The van der Waals surface area contributed by atoms with E-state index in [2.05, 4.69) is 5.32 Å². The molecule has 1 rings (SSSR count). The molecule has 0 saturated heterocycles. The van der Waals surface area contributed by atoms with Crippen LogP contribution in [0.5, 0.6) is 0 Å². The standard InChI is InChI=1S/C14H18N2O5/c1-7(2)11(14(18)19)15-13(17)10-5-8(3)12(16(20)21)9(4)6-10/h5-7,11H,1-4H3,(H,15,17)(H,18,19). The van der Waals surface area contributed by atoms with Crippen molar-refractivity contribution >= 4 is 17.6 Å². The number of hydrogen-bond acceptors (Lipinski definition) is 4. The molecule has 114 valence electrons. The van der Waals surface area contributed by atoms with Gasteiger partial charge < -0.3 is 10.4 Å². The molecule has 0 bridgehead atoms. The number of nitrogens with zero attached hydrogens (tertiary/aromatic N) is 1. The van der Waals surface area contributed by atoms with Crippen molar-refractivity contribution in [3.8, 4) is 0 Å². The molecule has 0 aromatic heterocycles. The maximum Gasteiger partial charge on any atom is 0.326 e. The Morgan fingerprint density at radius 3 is 2.05 bits per heavy atom. The van der Waals surface area contributed by atoms with Crippen LogP contribution in [-0.4, -0.2) is 27.9 Å². The second-order valence-corrected chi connectivity index (χ2v) is 5.25. The Hall–Kier alpha value is -2.44. The second kappa shape index (κ2) is 6.34. The van der Waals surface area contributed by atoms with E-state index in [0.29, 0.717) is 11.1 Å². The fourth-order valence-corrected chi connectivity index (χ4v) is 2.11. The molecule has 0 aliphatic rings. The van der Waals surface area contributed by atoms with Crippen LogP contribution in [0, 0.1) is 29.9 Å². The van der Waals surface area contributed by atoms with Gasteiger partial charge in [0, 0.05) is 16.7 Å². The highest BCUT2D eigenvalue weighted by Gasteiger charge is 2.25. The Labute approximate surface area is 122 Å². The summed E-state index contributed by atoms with van der Waals surface area (Å²) in [5, 5.41) is 22.4. The van der Waals surface area contributed by atoms with Gasteiger partial charge in [-0.2, -0.15) is 0 Å². The number of aliphatic carboxylic acids is 1. The van der Waals surface area contributed by atoms with Crippen LogP contribution in [0.4, 0.5) is 5.69 Å². The van der Waals surface area contributed by atoms with E-state index in [9.17, 15) is 19.7 Å². The Morgan fingerprint density at radius 2 is 1.71 bits per heavy atom. The quantitative estimate of drug-likeness (QED) is 0.638. The van der Waals surface area contributed by atoms with Crippen molar-refractivity contribution in [2.45, 2.75) is 33.7 Å². The molecule has 7 nitrogen and oxygen atoms in total. The zero-order valence-corrected chi connectivity index (χ0v) is 12.3. The van der Waals surface area contributed by atoms with E-state index in [4.69, 9.17) is 5.11 Å². The fraction of sp³-hybridized carbons (Fsp3) is 0.429. The number of carbonyl (C=O) groups excluding carboxylic acids is 1.